The Balaban J connectivity index is 1.92. The fourth-order valence-electron chi connectivity index (χ4n) is 2.25. The zero-order valence-corrected chi connectivity index (χ0v) is 11.2. The number of nitrogens with zero attached hydrogens (tertiary/aromatic N) is 2. The Morgan fingerprint density at radius 1 is 1.26 bits per heavy atom. The fourth-order valence-corrected chi connectivity index (χ4v) is 2.25. The first-order chi connectivity index (χ1) is 9.11. The molecule has 4 nitrogen and oxygen atoms in total. The molecule has 0 bridgehead atoms. The van der Waals surface area contributed by atoms with Gasteiger partial charge in [-0.15, -0.1) is 0 Å². The molecule has 1 amide bonds. The summed E-state index contributed by atoms with van der Waals surface area (Å²) in [7, 11) is 0. The second-order valence-electron chi connectivity index (χ2n) is 4.80. The number of rotatable bonds is 3. The van der Waals surface area contributed by atoms with E-state index in [0.717, 1.165) is 18.8 Å². The number of halogens is 1. The van der Waals surface area contributed by atoms with Gasteiger partial charge < -0.3 is 15.5 Å². The SMILES string of the molecule is CC[C@@H](N)C(=O)N1CCN(c2ccc(F)cc2)CC1. The van der Waals surface area contributed by atoms with Crippen LogP contribution in [0.5, 0.6) is 0 Å². The molecule has 1 aliphatic heterocycles. The summed E-state index contributed by atoms with van der Waals surface area (Å²) in [6.45, 7) is 4.77. The normalized spacial score (nSPS) is 17.4. The third-order valence-electron chi connectivity index (χ3n) is 3.54. The molecule has 104 valence electrons. The highest BCUT2D eigenvalue weighted by atomic mass is 19.1. The van der Waals surface area contributed by atoms with E-state index in [-0.39, 0.29) is 11.7 Å². The molecule has 19 heavy (non-hydrogen) atoms. The summed E-state index contributed by atoms with van der Waals surface area (Å²) in [5, 5.41) is 0. The largest absolute Gasteiger partial charge is 0.368 e. The highest BCUT2D eigenvalue weighted by Crippen LogP contribution is 2.17. The number of piperazine rings is 1. The van der Waals surface area contributed by atoms with Gasteiger partial charge in [-0.05, 0) is 30.7 Å². The van der Waals surface area contributed by atoms with Gasteiger partial charge >= 0.3 is 0 Å². The number of carbonyl (C=O) groups excluding carboxylic acids is 1. The van der Waals surface area contributed by atoms with Crippen LogP contribution >= 0.6 is 0 Å². The number of hydrogen-bond donors (Lipinski definition) is 1. The van der Waals surface area contributed by atoms with Crippen molar-refractivity contribution >= 4 is 11.6 Å². The summed E-state index contributed by atoms with van der Waals surface area (Å²) >= 11 is 0. The van der Waals surface area contributed by atoms with E-state index < -0.39 is 6.04 Å². The molecule has 0 aliphatic carbocycles. The highest BCUT2D eigenvalue weighted by molar-refractivity contribution is 5.81. The minimum atomic E-state index is -0.391. The van der Waals surface area contributed by atoms with Crippen LogP contribution in [0.25, 0.3) is 0 Å². The van der Waals surface area contributed by atoms with Crippen LogP contribution in [0.2, 0.25) is 0 Å². The maximum absolute atomic E-state index is 12.9. The van der Waals surface area contributed by atoms with E-state index in [1.807, 2.05) is 11.8 Å². The Labute approximate surface area is 113 Å². The molecule has 2 rings (SSSR count). The Kier molecular flexibility index (Phi) is 4.37. The van der Waals surface area contributed by atoms with Crippen molar-refractivity contribution in [2.45, 2.75) is 19.4 Å². The van der Waals surface area contributed by atoms with E-state index in [4.69, 9.17) is 5.73 Å². The lowest BCUT2D eigenvalue weighted by atomic mass is 10.2. The van der Waals surface area contributed by atoms with Crippen molar-refractivity contribution in [1.29, 1.82) is 0 Å². The molecule has 0 radical (unpaired) electrons. The molecule has 1 aromatic carbocycles. The second-order valence-corrected chi connectivity index (χ2v) is 4.80. The highest BCUT2D eigenvalue weighted by Gasteiger charge is 2.24. The molecule has 2 N–H and O–H groups in total. The van der Waals surface area contributed by atoms with Gasteiger partial charge in [0.15, 0.2) is 0 Å². The number of hydrogen-bond acceptors (Lipinski definition) is 3. The van der Waals surface area contributed by atoms with Crippen molar-refractivity contribution in [3.8, 4) is 0 Å². The Bertz CT molecular complexity index is 427. The second kappa shape index (κ2) is 6.02. The first-order valence-electron chi connectivity index (χ1n) is 6.66. The molecule has 1 aromatic rings. The van der Waals surface area contributed by atoms with Crippen molar-refractivity contribution in [1.82, 2.24) is 4.90 Å². The van der Waals surface area contributed by atoms with Gasteiger partial charge in [-0.25, -0.2) is 4.39 Å². The molecule has 1 atom stereocenters. The van der Waals surface area contributed by atoms with E-state index >= 15 is 0 Å². The molecule has 0 saturated carbocycles. The van der Waals surface area contributed by atoms with E-state index in [0.29, 0.717) is 19.5 Å². The first kappa shape index (κ1) is 13.8. The Hall–Kier alpha value is -1.62. The predicted molar refractivity (Wildman–Crippen MR) is 73.5 cm³/mol. The van der Waals surface area contributed by atoms with Gasteiger partial charge in [-0.3, -0.25) is 4.79 Å². The van der Waals surface area contributed by atoms with E-state index in [9.17, 15) is 9.18 Å². The van der Waals surface area contributed by atoms with Gasteiger partial charge in [-0.2, -0.15) is 0 Å². The molecule has 0 unspecified atom stereocenters. The van der Waals surface area contributed by atoms with Crippen LogP contribution in [0.1, 0.15) is 13.3 Å². The fraction of sp³-hybridized carbons (Fsp3) is 0.500. The quantitative estimate of drug-likeness (QED) is 0.893. The van der Waals surface area contributed by atoms with Crippen LogP contribution < -0.4 is 10.6 Å². The maximum Gasteiger partial charge on any atom is 0.239 e. The van der Waals surface area contributed by atoms with Crippen molar-refractivity contribution in [2.24, 2.45) is 5.73 Å². The van der Waals surface area contributed by atoms with Gasteiger partial charge in [-0.1, -0.05) is 6.92 Å². The van der Waals surface area contributed by atoms with Crippen molar-refractivity contribution < 1.29 is 9.18 Å². The average Bonchev–Trinajstić information content (AvgIpc) is 2.46. The zero-order chi connectivity index (χ0) is 13.8. The smallest absolute Gasteiger partial charge is 0.239 e. The number of carbonyl (C=O) groups is 1. The van der Waals surface area contributed by atoms with Crippen molar-refractivity contribution in [3.05, 3.63) is 30.1 Å². The predicted octanol–water partition coefficient (Wildman–Crippen LogP) is 1.21. The van der Waals surface area contributed by atoms with Crippen LogP contribution in [0.15, 0.2) is 24.3 Å². The molecule has 0 spiro atoms. The standard InChI is InChI=1S/C14H20FN3O/c1-2-13(16)14(19)18-9-7-17(8-10-18)12-5-3-11(15)4-6-12/h3-6,13H,2,7-10,16H2,1H3/t13-/m1/s1. The number of nitrogens with two attached hydrogens (primary N) is 1. The lowest BCUT2D eigenvalue weighted by Crippen LogP contribution is -2.53. The lowest BCUT2D eigenvalue weighted by Gasteiger charge is -2.37. The molecule has 1 heterocycles. The third kappa shape index (κ3) is 3.23. The van der Waals surface area contributed by atoms with Crippen LogP contribution in [0, 0.1) is 5.82 Å². The Morgan fingerprint density at radius 2 is 1.84 bits per heavy atom. The Morgan fingerprint density at radius 3 is 2.37 bits per heavy atom. The third-order valence-corrected chi connectivity index (χ3v) is 3.54. The molecule has 0 aromatic heterocycles. The zero-order valence-electron chi connectivity index (χ0n) is 11.2. The molecule has 1 saturated heterocycles. The van der Waals surface area contributed by atoms with E-state index in [2.05, 4.69) is 4.90 Å². The number of anilines is 1. The summed E-state index contributed by atoms with van der Waals surface area (Å²) in [4.78, 5) is 15.9. The minimum absolute atomic E-state index is 0.0289. The van der Waals surface area contributed by atoms with Gasteiger partial charge in [0.1, 0.15) is 5.82 Å². The minimum Gasteiger partial charge on any atom is -0.368 e. The van der Waals surface area contributed by atoms with Crippen LogP contribution in [-0.2, 0) is 4.79 Å². The van der Waals surface area contributed by atoms with Gasteiger partial charge in [0, 0.05) is 31.9 Å². The van der Waals surface area contributed by atoms with Crippen LogP contribution in [0.4, 0.5) is 10.1 Å². The summed E-state index contributed by atoms with van der Waals surface area (Å²) in [6.07, 6.45) is 0.664. The average molecular weight is 265 g/mol. The van der Waals surface area contributed by atoms with Crippen LogP contribution in [-0.4, -0.2) is 43.0 Å². The first-order valence-corrected chi connectivity index (χ1v) is 6.66. The number of benzene rings is 1. The molecular formula is C14H20FN3O. The molecule has 1 fully saturated rings. The molecular weight excluding hydrogens is 245 g/mol. The summed E-state index contributed by atoms with van der Waals surface area (Å²) in [5.41, 5.74) is 6.76. The van der Waals surface area contributed by atoms with Crippen molar-refractivity contribution in [2.75, 3.05) is 31.1 Å². The van der Waals surface area contributed by atoms with Crippen LogP contribution in [0.3, 0.4) is 0 Å². The summed E-state index contributed by atoms with van der Waals surface area (Å²) in [6, 6.07) is 6.06. The monoisotopic (exact) mass is 265 g/mol. The molecule has 1 aliphatic rings. The summed E-state index contributed by atoms with van der Waals surface area (Å²) in [5.74, 6) is -0.201. The summed E-state index contributed by atoms with van der Waals surface area (Å²) < 4.78 is 12.9. The van der Waals surface area contributed by atoms with E-state index in [1.165, 1.54) is 12.1 Å². The van der Waals surface area contributed by atoms with E-state index in [1.54, 1.807) is 12.1 Å². The molecule has 5 heteroatoms. The van der Waals surface area contributed by atoms with Gasteiger partial charge in [0.2, 0.25) is 5.91 Å². The topological polar surface area (TPSA) is 49.6 Å². The maximum atomic E-state index is 12.9. The van der Waals surface area contributed by atoms with Crippen molar-refractivity contribution in [3.63, 3.8) is 0 Å². The van der Waals surface area contributed by atoms with Gasteiger partial charge in [0.25, 0.3) is 0 Å². The lowest BCUT2D eigenvalue weighted by molar-refractivity contribution is -0.132. The van der Waals surface area contributed by atoms with Gasteiger partial charge in [0.05, 0.1) is 6.04 Å². The number of amides is 1.